The van der Waals surface area contributed by atoms with E-state index in [1.165, 1.54) is 12.1 Å². The third-order valence-corrected chi connectivity index (χ3v) is 5.26. The molecule has 0 aliphatic carbocycles. The van der Waals surface area contributed by atoms with Crippen molar-refractivity contribution >= 4 is 20.7 Å². The summed E-state index contributed by atoms with van der Waals surface area (Å²) in [5, 5.41) is 10.6. The van der Waals surface area contributed by atoms with E-state index in [9.17, 15) is 18.3 Å². The Morgan fingerprint density at radius 3 is 2.32 bits per heavy atom. The lowest BCUT2D eigenvalue weighted by atomic mass is 10.2. The van der Waals surface area contributed by atoms with E-state index in [4.69, 9.17) is 0 Å². The van der Waals surface area contributed by atoms with Gasteiger partial charge in [-0.25, -0.2) is 8.42 Å². The smallest absolute Gasteiger partial charge is 0.271 e. The number of rotatable bonds is 2. The van der Waals surface area contributed by atoms with Crippen molar-refractivity contribution in [2.45, 2.75) is 16.7 Å². The topological polar surface area (TPSA) is 87.2 Å². The lowest BCUT2D eigenvalue weighted by molar-refractivity contribution is 0.463. The van der Waals surface area contributed by atoms with Gasteiger partial charge in [0.25, 0.3) is 5.56 Å². The van der Waals surface area contributed by atoms with Crippen molar-refractivity contribution < 1.29 is 13.5 Å². The number of aromatic amines is 1. The normalized spacial score (nSPS) is 11.7. The minimum absolute atomic E-state index is 0.0332. The Labute approximate surface area is 126 Å². The number of aromatic nitrogens is 1. The minimum Gasteiger partial charge on any atom is -0.506 e. The Morgan fingerprint density at radius 2 is 1.64 bits per heavy atom. The van der Waals surface area contributed by atoms with Gasteiger partial charge in [0.05, 0.1) is 10.4 Å². The van der Waals surface area contributed by atoms with Gasteiger partial charge in [0, 0.05) is 5.39 Å². The molecule has 0 unspecified atom stereocenters. The number of hydrogen-bond acceptors (Lipinski definition) is 4. The second kappa shape index (κ2) is 4.99. The fraction of sp³-hybridized carbons (Fsp3) is 0.0625. The van der Waals surface area contributed by atoms with E-state index in [0.717, 1.165) is 5.56 Å². The molecule has 5 nitrogen and oxygen atoms in total. The van der Waals surface area contributed by atoms with Crippen LogP contribution in [0.5, 0.6) is 5.75 Å². The standard InChI is InChI=1S/C16H13NO4S/c1-10-6-8-11(9-7-10)22(20,21)15-14(18)12-4-2-3-5-13(12)17-16(15)19/h2-9H,1H3,(H2,17,18,19). The molecule has 0 bridgehead atoms. The zero-order chi connectivity index (χ0) is 15.9. The van der Waals surface area contributed by atoms with Crippen LogP contribution >= 0.6 is 0 Å². The van der Waals surface area contributed by atoms with Crippen LogP contribution in [0.4, 0.5) is 0 Å². The van der Waals surface area contributed by atoms with Gasteiger partial charge in [-0.15, -0.1) is 0 Å². The first-order valence-electron chi connectivity index (χ1n) is 6.57. The summed E-state index contributed by atoms with van der Waals surface area (Å²) in [4.78, 5) is 14.0. The van der Waals surface area contributed by atoms with E-state index >= 15 is 0 Å². The number of aryl methyl sites for hydroxylation is 1. The van der Waals surface area contributed by atoms with Crippen LogP contribution in [0, 0.1) is 6.92 Å². The molecule has 112 valence electrons. The van der Waals surface area contributed by atoms with Crippen molar-refractivity contribution in [2.75, 3.05) is 0 Å². The first-order valence-corrected chi connectivity index (χ1v) is 8.05. The molecule has 0 amide bonds. The molecular weight excluding hydrogens is 302 g/mol. The molecule has 0 spiro atoms. The molecule has 3 aromatic rings. The Bertz CT molecular complexity index is 1020. The number of aromatic hydroxyl groups is 1. The molecule has 0 radical (unpaired) electrons. The zero-order valence-corrected chi connectivity index (χ0v) is 12.5. The molecule has 2 aromatic carbocycles. The molecular formula is C16H13NO4S. The maximum Gasteiger partial charge on any atom is 0.271 e. The van der Waals surface area contributed by atoms with Crippen LogP contribution in [0.15, 0.2) is 63.1 Å². The van der Waals surface area contributed by atoms with E-state index in [1.807, 2.05) is 6.92 Å². The van der Waals surface area contributed by atoms with Crippen LogP contribution in [-0.4, -0.2) is 18.5 Å². The van der Waals surface area contributed by atoms with Gasteiger partial charge in [-0.1, -0.05) is 29.8 Å². The number of fused-ring (bicyclic) bond motifs is 1. The molecule has 1 heterocycles. The number of hydrogen-bond donors (Lipinski definition) is 2. The molecule has 1 aromatic heterocycles. The van der Waals surface area contributed by atoms with E-state index in [1.54, 1.807) is 36.4 Å². The monoisotopic (exact) mass is 315 g/mol. The lowest BCUT2D eigenvalue weighted by Gasteiger charge is -2.08. The van der Waals surface area contributed by atoms with Gasteiger partial charge in [0.15, 0.2) is 4.90 Å². The number of sulfone groups is 1. The maximum absolute atomic E-state index is 12.7. The summed E-state index contributed by atoms with van der Waals surface area (Å²) in [6, 6.07) is 12.6. The quantitative estimate of drug-likeness (QED) is 0.760. The highest BCUT2D eigenvalue weighted by molar-refractivity contribution is 7.91. The van der Waals surface area contributed by atoms with Crippen LogP contribution in [0.1, 0.15) is 5.56 Å². The van der Waals surface area contributed by atoms with Crippen LogP contribution < -0.4 is 5.56 Å². The zero-order valence-electron chi connectivity index (χ0n) is 11.7. The van der Waals surface area contributed by atoms with E-state index < -0.39 is 26.0 Å². The molecule has 0 saturated carbocycles. The molecule has 0 atom stereocenters. The van der Waals surface area contributed by atoms with Crippen LogP contribution in [-0.2, 0) is 9.84 Å². The van der Waals surface area contributed by atoms with Crippen molar-refractivity contribution in [2.24, 2.45) is 0 Å². The van der Waals surface area contributed by atoms with Gasteiger partial charge in [-0.3, -0.25) is 4.79 Å². The Hall–Kier alpha value is -2.60. The fourth-order valence-electron chi connectivity index (χ4n) is 2.29. The van der Waals surface area contributed by atoms with Gasteiger partial charge in [-0.2, -0.15) is 0 Å². The number of nitrogens with one attached hydrogen (secondary N) is 1. The molecule has 6 heteroatoms. The summed E-state index contributed by atoms with van der Waals surface area (Å²) < 4.78 is 25.3. The predicted octanol–water partition coefficient (Wildman–Crippen LogP) is 2.37. The number of benzene rings is 2. The fourth-order valence-corrected chi connectivity index (χ4v) is 3.68. The summed E-state index contributed by atoms with van der Waals surface area (Å²) in [6.07, 6.45) is 0. The minimum atomic E-state index is -4.10. The van der Waals surface area contributed by atoms with E-state index in [2.05, 4.69) is 4.98 Å². The predicted molar refractivity (Wildman–Crippen MR) is 82.9 cm³/mol. The van der Waals surface area contributed by atoms with Crippen LogP contribution in [0.2, 0.25) is 0 Å². The largest absolute Gasteiger partial charge is 0.506 e. The molecule has 3 rings (SSSR count). The first-order chi connectivity index (χ1) is 10.4. The average Bonchev–Trinajstić information content (AvgIpc) is 2.47. The summed E-state index contributed by atoms with van der Waals surface area (Å²) in [5.41, 5.74) is 0.445. The van der Waals surface area contributed by atoms with Crippen LogP contribution in [0.3, 0.4) is 0 Å². The highest BCUT2D eigenvalue weighted by Gasteiger charge is 2.27. The first kappa shape index (κ1) is 14.3. The molecule has 0 saturated heterocycles. The van der Waals surface area contributed by atoms with Crippen molar-refractivity contribution in [1.29, 1.82) is 0 Å². The van der Waals surface area contributed by atoms with Gasteiger partial charge >= 0.3 is 0 Å². The number of para-hydroxylation sites is 1. The number of pyridine rings is 1. The Morgan fingerprint density at radius 1 is 1.00 bits per heavy atom. The molecule has 0 aliphatic rings. The molecule has 2 N–H and O–H groups in total. The molecule has 22 heavy (non-hydrogen) atoms. The van der Waals surface area contributed by atoms with Gasteiger partial charge in [0.1, 0.15) is 5.75 Å². The average molecular weight is 315 g/mol. The van der Waals surface area contributed by atoms with Gasteiger partial charge in [-0.05, 0) is 31.2 Å². The highest BCUT2D eigenvalue weighted by atomic mass is 32.2. The van der Waals surface area contributed by atoms with Crippen molar-refractivity contribution in [3.63, 3.8) is 0 Å². The summed E-state index contributed by atoms with van der Waals surface area (Å²) in [7, 11) is -4.10. The maximum atomic E-state index is 12.7. The highest BCUT2D eigenvalue weighted by Crippen LogP contribution is 2.31. The second-order valence-electron chi connectivity index (χ2n) is 4.99. The number of H-pyrrole nitrogens is 1. The van der Waals surface area contributed by atoms with Gasteiger partial charge in [0.2, 0.25) is 9.84 Å². The van der Waals surface area contributed by atoms with E-state index in [-0.39, 0.29) is 10.3 Å². The third kappa shape index (κ3) is 2.17. The van der Waals surface area contributed by atoms with Crippen molar-refractivity contribution in [3.05, 3.63) is 64.4 Å². The lowest BCUT2D eigenvalue weighted by Crippen LogP contribution is -2.18. The Kier molecular flexibility index (Phi) is 3.26. The van der Waals surface area contributed by atoms with Gasteiger partial charge < -0.3 is 10.1 Å². The van der Waals surface area contributed by atoms with Crippen LogP contribution in [0.25, 0.3) is 10.9 Å². The third-order valence-electron chi connectivity index (χ3n) is 3.45. The summed E-state index contributed by atoms with van der Waals surface area (Å²) >= 11 is 0. The summed E-state index contributed by atoms with van der Waals surface area (Å²) in [5.74, 6) is -0.528. The molecule has 0 aliphatic heterocycles. The van der Waals surface area contributed by atoms with Crippen molar-refractivity contribution in [1.82, 2.24) is 4.98 Å². The van der Waals surface area contributed by atoms with Crippen molar-refractivity contribution in [3.8, 4) is 5.75 Å². The van der Waals surface area contributed by atoms with E-state index in [0.29, 0.717) is 5.52 Å². The summed E-state index contributed by atoms with van der Waals surface area (Å²) in [6.45, 7) is 1.83. The second-order valence-corrected chi connectivity index (χ2v) is 6.88. The SMILES string of the molecule is Cc1ccc(S(=O)(=O)c2c(O)c3ccccc3[nH]c2=O)cc1. The Balaban J connectivity index is 2.34. The molecule has 0 fully saturated rings.